The average Bonchev–Trinajstić information content (AvgIpc) is 2.87. The number of carbonyl (C=O) groups is 1. The van der Waals surface area contributed by atoms with Crippen LogP contribution in [0, 0.1) is 10.1 Å². The highest BCUT2D eigenvalue weighted by molar-refractivity contribution is 5.88. The Morgan fingerprint density at radius 3 is 2.79 bits per heavy atom. The van der Waals surface area contributed by atoms with E-state index < -0.39 is 10.9 Å². The second-order valence-corrected chi connectivity index (χ2v) is 3.69. The highest BCUT2D eigenvalue weighted by Gasteiger charge is 2.10. The summed E-state index contributed by atoms with van der Waals surface area (Å²) in [5, 5.41) is 10.5. The van der Waals surface area contributed by atoms with Crippen molar-refractivity contribution >= 4 is 11.8 Å². The third-order valence-electron chi connectivity index (χ3n) is 2.40. The van der Waals surface area contributed by atoms with Crippen molar-refractivity contribution in [2.45, 2.75) is 6.54 Å². The Balaban J connectivity index is 2.10. The van der Waals surface area contributed by atoms with Gasteiger partial charge in [0.15, 0.2) is 0 Å². The summed E-state index contributed by atoms with van der Waals surface area (Å²) in [6.07, 6.45) is 4.07. The number of hydrogen-bond acceptors (Lipinski definition) is 6. The molecule has 0 atom stereocenters. The normalized spacial score (nSPS) is 10.2. The summed E-state index contributed by atoms with van der Waals surface area (Å²) in [4.78, 5) is 28.8. The van der Waals surface area contributed by atoms with Crippen LogP contribution < -0.4 is 0 Å². The van der Waals surface area contributed by atoms with Gasteiger partial charge in [-0.3, -0.25) is 4.98 Å². The Morgan fingerprint density at radius 2 is 2.26 bits per heavy atom. The molecule has 0 radical (unpaired) electrons. The van der Waals surface area contributed by atoms with E-state index in [0.717, 1.165) is 0 Å². The van der Waals surface area contributed by atoms with Crippen LogP contribution in [0.3, 0.4) is 0 Å². The number of esters is 1. The Bertz CT molecular complexity index is 605. The molecule has 0 unspecified atom stereocenters. The zero-order chi connectivity index (χ0) is 13.8. The number of rotatable bonds is 4. The first-order chi connectivity index (χ1) is 9.10. The minimum atomic E-state index is -0.565. The standard InChI is InChI=1S/C11H10N4O4/c1-19-11(16)8-2-3-9(12-4-8)5-14-6-10(13-7-14)15(17)18/h2-4,6-7H,5H2,1H3. The number of methoxy groups -OCH3 is 1. The monoisotopic (exact) mass is 262 g/mol. The SMILES string of the molecule is COC(=O)c1ccc(Cn2cnc([N+](=O)[O-])c2)nc1. The van der Waals surface area contributed by atoms with Crippen molar-refractivity contribution in [1.29, 1.82) is 0 Å². The molecule has 0 aliphatic rings. The fourth-order valence-corrected chi connectivity index (χ4v) is 1.47. The number of imidazole rings is 1. The van der Waals surface area contributed by atoms with Crippen LogP contribution in [-0.4, -0.2) is 32.5 Å². The molecule has 0 spiro atoms. The van der Waals surface area contributed by atoms with Crippen molar-refractivity contribution < 1.29 is 14.5 Å². The van der Waals surface area contributed by atoms with Gasteiger partial charge in [-0.05, 0) is 22.0 Å². The van der Waals surface area contributed by atoms with Crippen LogP contribution in [0.4, 0.5) is 5.82 Å². The maximum atomic E-state index is 11.2. The van der Waals surface area contributed by atoms with Crippen LogP contribution in [0.5, 0.6) is 0 Å². The van der Waals surface area contributed by atoms with Crippen LogP contribution in [-0.2, 0) is 11.3 Å². The molecule has 19 heavy (non-hydrogen) atoms. The molecule has 8 nitrogen and oxygen atoms in total. The van der Waals surface area contributed by atoms with Gasteiger partial charge in [-0.15, -0.1) is 0 Å². The van der Waals surface area contributed by atoms with Crippen LogP contribution in [0.15, 0.2) is 30.9 Å². The van der Waals surface area contributed by atoms with Gasteiger partial charge in [-0.25, -0.2) is 4.79 Å². The van der Waals surface area contributed by atoms with Crippen molar-refractivity contribution in [2.24, 2.45) is 0 Å². The lowest BCUT2D eigenvalue weighted by Crippen LogP contribution is -2.04. The first kappa shape index (κ1) is 12.7. The van der Waals surface area contributed by atoms with E-state index >= 15 is 0 Å². The zero-order valence-corrected chi connectivity index (χ0v) is 10.0. The molecule has 8 heteroatoms. The topological polar surface area (TPSA) is 100 Å². The van der Waals surface area contributed by atoms with Crippen molar-refractivity contribution in [3.05, 3.63) is 52.2 Å². The molecule has 98 valence electrons. The second-order valence-electron chi connectivity index (χ2n) is 3.69. The minimum Gasteiger partial charge on any atom is -0.465 e. The number of aromatic nitrogens is 3. The maximum Gasteiger partial charge on any atom is 0.381 e. The molecule has 0 aromatic carbocycles. The average molecular weight is 262 g/mol. The summed E-state index contributed by atoms with van der Waals surface area (Å²) in [7, 11) is 1.29. The molecule has 0 saturated carbocycles. The van der Waals surface area contributed by atoms with Gasteiger partial charge in [0.2, 0.25) is 6.33 Å². The predicted molar refractivity (Wildman–Crippen MR) is 63.6 cm³/mol. The summed E-state index contributed by atoms with van der Waals surface area (Å²) in [5.41, 5.74) is 1.00. The summed E-state index contributed by atoms with van der Waals surface area (Å²) in [6, 6.07) is 3.23. The van der Waals surface area contributed by atoms with Crippen LogP contribution in [0.2, 0.25) is 0 Å². The number of ether oxygens (including phenoxy) is 1. The van der Waals surface area contributed by atoms with Crippen molar-refractivity contribution in [3.8, 4) is 0 Å². The molecule has 0 aliphatic carbocycles. The van der Waals surface area contributed by atoms with Gasteiger partial charge in [0.05, 0.1) is 24.9 Å². The summed E-state index contributed by atoms with van der Waals surface area (Å²) in [6.45, 7) is 0.336. The molecular weight excluding hydrogens is 252 g/mol. The molecule has 0 saturated heterocycles. The largest absolute Gasteiger partial charge is 0.465 e. The molecule has 2 heterocycles. The molecule has 0 aliphatic heterocycles. The first-order valence-electron chi connectivity index (χ1n) is 5.29. The lowest BCUT2D eigenvalue weighted by Gasteiger charge is -2.02. The van der Waals surface area contributed by atoms with E-state index in [4.69, 9.17) is 0 Å². The van der Waals surface area contributed by atoms with E-state index in [2.05, 4.69) is 14.7 Å². The highest BCUT2D eigenvalue weighted by Crippen LogP contribution is 2.08. The molecule has 0 amide bonds. The number of pyridine rings is 1. The van der Waals surface area contributed by atoms with Gasteiger partial charge in [0.1, 0.15) is 6.20 Å². The van der Waals surface area contributed by atoms with Gasteiger partial charge in [-0.2, -0.15) is 0 Å². The first-order valence-corrected chi connectivity index (χ1v) is 5.29. The third kappa shape index (κ3) is 2.92. The lowest BCUT2D eigenvalue weighted by atomic mass is 10.2. The van der Waals surface area contributed by atoms with Crippen LogP contribution >= 0.6 is 0 Å². The molecule has 0 fully saturated rings. The summed E-state index contributed by atoms with van der Waals surface area (Å²) in [5.74, 6) is -0.677. The molecule has 2 aromatic rings. The number of hydrogen-bond donors (Lipinski definition) is 0. The molecule has 2 aromatic heterocycles. The fourth-order valence-electron chi connectivity index (χ4n) is 1.47. The summed E-state index contributed by atoms with van der Waals surface area (Å²) >= 11 is 0. The molecule has 0 bridgehead atoms. The van der Waals surface area contributed by atoms with Gasteiger partial charge in [0.25, 0.3) is 0 Å². The second kappa shape index (κ2) is 5.25. The Kier molecular flexibility index (Phi) is 3.51. The van der Waals surface area contributed by atoms with Gasteiger partial charge >= 0.3 is 11.8 Å². The van der Waals surface area contributed by atoms with E-state index in [1.54, 1.807) is 12.1 Å². The Labute approximate surface area is 107 Å². The van der Waals surface area contributed by atoms with E-state index in [0.29, 0.717) is 17.8 Å². The Morgan fingerprint density at radius 1 is 1.47 bits per heavy atom. The number of nitro groups is 1. The van der Waals surface area contributed by atoms with E-state index in [1.165, 1.54) is 30.4 Å². The molecule has 2 rings (SSSR count). The van der Waals surface area contributed by atoms with E-state index in [-0.39, 0.29) is 5.82 Å². The van der Waals surface area contributed by atoms with E-state index in [9.17, 15) is 14.9 Å². The summed E-state index contributed by atoms with van der Waals surface area (Å²) < 4.78 is 6.09. The number of nitrogens with zero attached hydrogens (tertiary/aromatic N) is 4. The van der Waals surface area contributed by atoms with Crippen LogP contribution in [0.25, 0.3) is 0 Å². The molecular formula is C11H10N4O4. The van der Waals surface area contributed by atoms with Crippen molar-refractivity contribution in [2.75, 3.05) is 7.11 Å². The minimum absolute atomic E-state index is 0.216. The fraction of sp³-hybridized carbons (Fsp3) is 0.182. The van der Waals surface area contributed by atoms with E-state index in [1.807, 2.05) is 0 Å². The maximum absolute atomic E-state index is 11.2. The van der Waals surface area contributed by atoms with Crippen LogP contribution in [0.1, 0.15) is 16.1 Å². The van der Waals surface area contributed by atoms with Crippen molar-refractivity contribution in [1.82, 2.24) is 14.5 Å². The predicted octanol–water partition coefficient (Wildman–Crippen LogP) is 1.02. The third-order valence-corrected chi connectivity index (χ3v) is 2.40. The highest BCUT2D eigenvalue weighted by atomic mass is 16.6. The lowest BCUT2D eigenvalue weighted by molar-refractivity contribution is -0.389. The number of carbonyl (C=O) groups excluding carboxylic acids is 1. The quantitative estimate of drug-likeness (QED) is 0.463. The zero-order valence-electron chi connectivity index (χ0n) is 10.0. The molecule has 0 N–H and O–H groups in total. The van der Waals surface area contributed by atoms with Crippen molar-refractivity contribution in [3.63, 3.8) is 0 Å². The van der Waals surface area contributed by atoms with Gasteiger partial charge < -0.3 is 19.4 Å². The Hall–Kier alpha value is -2.77. The smallest absolute Gasteiger partial charge is 0.381 e. The van der Waals surface area contributed by atoms with Gasteiger partial charge in [-0.1, -0.05) is 0 Å². The van der Waals surface area contributed by atoms with Gasteiger partial charge in [0, 0.05) is 6.20 Å².